The highest BCUT2D eigenvalue weighted by molar-refractivity contribution is 6.27. The molecule has 0 N–H and O–H groups in total. The molecule has 10 rings (SSSR count). The van der Waals surface area contributed by atoms with Crippen LogP contribution >= 0.6 is 0 Å². The second-order valence-electron chi connectivity index (χ2n) is 12.8. The Morgan fingerprint density at radius 2 is 0.857 bits per heavy atom. The Hall–Kier alpha value is -6.44. The summed E-state index contributed by atoms with van der Waals surface area (Å²) in [5, 5.41) is 9.71. The van der Waals surface area contributed by atoms with E-state index >= 15 is 0 Å². The molecule has 0 aliphatic rings. The zero-order chi connectivity index (χ0) is 32.3. The molecule has 0 spiro atoms. The molecular formula is C48H30O. The highest BCUT2D eigenvalue weighted by Crippen LogP contribution is 2.49. The summed E-state index contributed by atoms with van der Waals surface area (Å²) in [7, 11) is 0. The van der Waals surface area contributed by atoms with Gasteiger partial charge in [0.1, 0.15) is 11.2 Å². The minimum absolute atomic E-state index is 0.893. The maximum absolute atomic E-state index is 6.85. The van der Waals surface area contributed by atoms with Crippen molar-refractivity contribution in [1.29, 1.82) is 0 Å². The summed E-state index contributed by atoms with van der Waals surface area (Å²) in [6.45, 7) is 0. The van der Waals surface area contributed by atoms with Crippen LogP contribution in [-0.4, -0.2) is 0 Å². The van der Waals surface area contributed by atoms with Crippen LogP contribution in [0.2, 0.25) is 0 Å². The number of hydrogen-bond acceptors (Lipinski definition) is 1. The van der Waals surface area contributed by atoms with Crippen molar-refractivity contribution in [3.8, 4) is 44.5 Å². The molecule has 0 amide bonds. The molecule has 0 saturated carbocycles. The summed E-state index contributed by atoms with van der Waals surface area (Å²) in [4.78, 5) is 0. The zero-order valence-electron chi connectivity index (χ0n) is 26.7. The number of benzene rings is 9. The molecule has 0 aliphatic carbocycles. The lowest BCUT2D eigenvalue weighted by Gasteiger charge is -2.19. The van der Waals surface area contributed by atoms with Gasteiger partial charge in [-0.2, -0.15) is 0 Å². The van der Waals surface area contributed by atoms with Crippen molar-refractivity contribution >= 4 is 54.3 Å². The van der Waals surface area contributed by atoms with Gasteiger partial charge in [-0.15, -0.1) is 0 Å². The molecule has 1 heterocycles. The fourth-order valence-corrected chi connectivity index (χ4v) is 7.91. The second-order valence-corrected chi connectivity index (χ2v) is 12.8. The maximum atomic E-state index is 6.85. The summed E-state index contributed by atoms with van der Waals surface area (Å²) < 4.78 is 6.85. The normalized spacial score (nSPS) is 11.7. The van der Waals surface area contributed by atoms with E-state index in [0.717, 1.165) is 33.1 Å². The molecule has 0 radical (unpaired) electrons. The average molecular weight is 623 g/mol. The Kier molecular flexibility index (Phi) is 6.25. The van der Waals surface area contributed by atoms with E-state index < -0.39 is 0 Å². The molecule has 0 unspecified atom stereocenters. The SMILES string of the molecule is c1ccc(-c2ccccc2-c2ccc(-c3c4ccccc4c(-c4ccc5ccccc5c4)c4ccccc34)c3c2oc2ccccc23)cc1. The number of hydrogen-bond donors (Lipinski definition) is 0. The Morgan fingerprint density at radius 1 is 0.306 bits per heavy atom. The third-order valence-corrected chi connectivity index (χ3v) is 10.1. The fourth-order valence-electron chi connectivity index (χ4n) is 7.91. The smallest absolute Gasteiger partial charge is 0.143 e. The first kappa shape index (κ1) is 27.7. The number of rotatable bonds is 4. The van der Waals surface area contributed by atoms with E-state index in [0.29, 0.717) is 0 Å². The molecule has 1 aromatic heterocycles. The van der Waals surface area contributed by atoms with Crippen molar-refractivity contribution < 1.29 is 4.42 Å². The summed E-state index contributed by atoms with van der Waals surface area (Å²) >= 11 is 0. The number of fused-ring (bicyclic) bond motifs is 6. The van der Waals surface area contributed by atoms with Gasteiger partial charge in [-0.3, -0.25) is 0 Å². The van der Waals surface area contributed by atoms with Gasteiger partial charge in [0.25, 0.3) is 0 Å². The van der Waals surface area contributed by atoms with E-state index in [1.54, 1.807) is 0 Å². The van der Waals surface area contributed by atoms with Gasteiger partial charge >= 0.3 is 0 Å². The van der Waals surface area contributed by atoms with Gasteiger partial charge in [0, 0.05) is 16.3 Å². The van der Waals surface area contributed by atoms with Gasteiger partial charge in [-0.25, -0.2) is 0 Å². The van der Waals surface area contributed by atoms with Crippen LogP contribution in [0.5, 0.6) is 0 Å². The Balaban J connectivity index is 1.31. The predicted molar refractivity (Wildman–Crippen MR) is 208 cm³/mol. The first-order valence-electron chi connectivity index (χ1n) is 16.9. The first-order valence-corrected chi connectivity index (χ1v) is 16.9. The van der Waals surface area contributed by atoms with Crippen molar-refractivity contribution in [2.24, 2.45) is 0 Å². The predicted octanol–water partition coefficient (Wildman–Crippen LogP) is 13.7. The quantitative estimate of drug-likeness (QED) is 0.178. The summed E-state index contributed by atoms with van der Waals surface area (Å²) in [6.07, 6.45) is 0. The minimum Gasteiger partial charge on any atom is -0.455 e. The average Bonchev–Trinajstić information content (AvgIpc) is 3.57. The van der Waals surface area contributed by atoms with Crippen molar-refractivity contribution in [3.63, 3.8) is 0 Å². The molecule has 0 atom stereocenters. The van der Waals surface area contributed by atoms with Crippen LogP contribution in [0.3, 0.4) is 0 Å². The van der Waals surface area contributed by atoms with Crippen molar-refractivity contribution in [2.45, 2.75) is 0 Å². The molecular weight excluding hydrogens is 593 g/mol. The third kappa shape index (κ3) is 4.33. The zero-order valence-corrected chi connectivity index (χ0v) is 26.7. The van der Waals surface area contributed by atoms with Gasteiger partial charge in [0.2, 0.25) is 0 Å². The van der Waals surface area contributed by atoms with Crippen LogP contribution in [0.4, 0.5) is 0 Å². The van der Waals surface area contributed by atoms with Crippen LogP contribution in [-0.2, 0) is 0 Å². The second kappa shape index (κ2) is 11.1. The molecule has 1 heteroatoms. The van der Waals surface area contributed by atoms with E-state index in [9.17, 15) is 0 Å². The summed E-state index contributed by atoms with van der Waals surface area (Å²) in [5.41, 5.74) is 11.3. The van der Waals surface area contributed by atoms with Gasteiger partial charge in [0.05, 0.1) is 0 Å². The molecule has 49 heavy (non-hydrogen) atoms. The highest BCUT2D eigenvalue weighted by Gasteiger charge is 2.23. The van der Waals surface area contributed by atoms with E-state index in [4.69, 9.17) is 4.42 Å². The standard InChI is InChI=1S/C48H30O/c1-2-15-32(16-3-1)35-18-6-7-19-36(35)41-28-29-43(47-42-24-12-13-25-44(42)49-48(41)47)46-39-22-10-8-20-37(39)45(38-21-9-11-23-40(38)46)34-27-26-31-14-4-5-17-33(31)30-34/h1-30H. The largest absolute Gasteiger partial charge is 0.455 e. The van der Waals surface area contributed by atoms with Crippen LogP contribution in [0.1, 0.15) is 0 Å². The van der Waals surface area contributed by atoms with E-state index in [1.165, 1.54) is 65.7 Å². The first-order chi connectivity index (χ1) is 24.3. The van der Waals surface area contributed by atoms with Crippen molar-refractivity contribution in [2.75, 3.05) is 0 Å². The molecule has 10 aromatic rings. The molecule has 0 bridgehead atoms. The Morgan fingerprint density at radius 3 is 1.59 bits per heavy atom. The highest BCUT2D eigenvalue weighted by atomic mass is 16.3. The Bertz CT molecular complexity index is 2820. The van der Waals surface area contributed by atoms with Gasteiger partial charge in [-0.05, 0) is 89.5 Å². The lowest BCUT2D eigenvalue weighted by molar-refractivity contribution is 0.670. The third-order valence-electron chi connectivity index (χ3n) is 10.1. The molecule has 1 nitrogen and oxygen atoms in total. The monoisotopic (exact) mass is 622 g/mol. The van der Waals surface area contributed by atoms with Crippen LogP contribution in [0.15, 0.2) is 186 Å². The fraction of sp³-hybridized carbons (Fsp3) is 0. The van der Waals surface area contributed by atoms with E-state index in [1.807, 2.05) is 0 Å². The van der Waals surface area contributed by atoms with Crippen LogP contribution < -0.4 is 0 Å². The summed E-state index contributed by atoms with van der Waals surface area (Å²) in [6, 6.07) is 65.6. The van der Waals surface area contributed by atoms with Crippen LogP contribution in [0, 0.1) is 0 Å². The Labute approximate surface area is 284 Å². The molecule has 228 valence electrons. The van der Waals surface area contributed by atoms with Gasteiger partial charge < -0.3 is 4.42 Å². The van der Waals surface area contributed by atoms with Crippen molar-refractivity contribution in [1.82, 2.24) is 0 Å². The number of furan rings is 1. The topological polar surface area (TPSA) is 13.1 Å². The number of para-hydroxylation sites is 1. The summed E-state index contributed by atoms with van der Waals surface area (Å²) in [5.74, 6) is 0. The molecule has 0 aliphatic heterocycles. The minimum atomic E-state index is 0.893. The molecule has 9 aromatic carbocycles. The van der Waals surface area contributed by atoms with E-state index in [-0.39, 0.29) is 0 Å². The van der Waals surface area contributed by atoms with E-state index in [2.05, 4.69) is 182 Å². The lowest BCUT2D eigenvalue weighted by atomic mass is 9.83. The van der Waals surface area contributed by atoms with Crippen LogP contribution in [0.25, 0.3) is 98.8 Å². The van der Waals surface area contributed by atoms with Gasteiger partial charge in [-0.1, -0.05) is 164 Å². The molecule has 0 saturated heterocycles. The van der Waals surface area contributed by atoms with Gasteiger partial charge in [0.15, 0.2) is 0 Å². The lowest BCUT2D eigenvalue weighted by Crippen LogP contribution is -1.92. The maximum Gasteiger partial charge on any atom is 0.143 e. The van der Waals surface area contributed by atoms with Crippen molar-refractivity contribution in [3.05, 3.63) is 182 Å². The molecule has 0 fully saturated rings.